The maximum Gasteiger partial charge on any atom is 0.238 e. The van der Waals surface area contributed by atoms with Crippen LogP contribution in [0.25, 0.3) is 11.1 Å². The van der Waals surface area contributed by atoms with Crippen LogP contribution in [0.1, 0.15) is 5.56 Å². The molecule has 0 aliphatic carbocycles. The second kappa shape index (κ2) is 5.36. The van der Waals surface area contributed by atoms with Crippen molar-refractivity contribution in [1.82, 2.24) is 9.97 Å². The molecule has 1 heterocycles. The second-order valence-corrected chi connectivity index (χ2v) is 4.13. The molecular formula is C14H14N4O. The first-order valence-corrected chi connectivity index (χ1v) is 5.76. The number of aryl methyl sites for hydroxylation is 1. The van der Waals surface area contributed by atoms with E-state index in [1.165, 1.54) is 4.90 Å². The van der Waals surface area contributed by atoms with Crippen molar-refractivity contribution < 1.29 is 4.74 Å². The van der Waals surface area contributed by atoms with E-state index in [0.717, 1.165) is 22.4 Å². The average molecular weight is 254 g/mol. The molecule has 0 amide bonds. The van der Waals surface area contributed by atoms with E-state index in [2.05, 4.69) is 9.97 Å². The molecule has 0 N–H and O–H groups in total. The topological polar surface area (TPSA) is 62.0 Å². The summed E-state index contributed by atoms with van der Waals surface area (Å²) in [6, 6.07) is 5.92. The molecule has 0 spiro atoms. The zero-order chi connectivity index (χ0) is 13.8. The maximum atomic E-state index is 8.77. The van der Waals surface area contributed by atoms with Crippen molar-refractivity contribution in [3.05, 3.63) is 36.2 Å². The number of methoxy groups -OCH3 is 1. The highest BCUT2D eigenvalue weighted by Crippen LogP contribution is 2.30. The minimum atomic E-state index is 0.373. The largest absolute Gasteiger partial charge is 0.496 e. The molecule has 0 saturated heterocycles. The van der Waals surface area contributed by atoms with Crippen LogP contribution in [0.5, 0.6) is 5.75 Å². The number of hydrogen-bond donors (Lipinski definition) is 0. The fourth-order valence-electron chi connectivity index (χ4n) is 1.73. The van der Waals surface area contributed by atoms with Gasteiger partial charge in [-0.1, -0.05) is 11.6 Å². The van der Waals surface area contributed by atoms with Gasteiger partial charge in [-0.15, -0.1) is 0 Å². The lowest BCUT2D eigenvalue weighted by atomic mass is 10.1. The molecule has 2 aromatic rings. The monoisotopic (exact) mass is 254 g/mol. The van der Waals surface area contributed by atoms with Gasteiger partial charge in [0, 0.05) is 30.6 Å². The van der Waals surface area contributed by atoms with Crippen LogP contribution < -0.4 is 9.64 Å². The summed E-state index contributed by atoms with van der Waals surface area (Å²) >= 11 is 0. The summed E-state index contributed by atoms with van der Waals surface area (Å²) in [4.78, 5) is 9.64. The van der Waals surface area contributed by atoms with E-state index >= 15 is 0 Å². The SMILES string of the molecule is COc1ccc(C)cc1-c1cnc(N(C)C#N)nc1. The van der Waals surface area contributed by atoms with E-state index in [9.17, 15) is 0 Å². The molecule has 0 radical (unpaired) electrons. The van der Waals surface area contributed by atoms with Crippen molar-refractivity contribution >= 4 is 5.95 Å². The highest BCUT2D eigenvalue weighted by Gasteiger charge is 2.08. The van der Waals surface area contributed by atoms with Crippen LogP contribution in [0, 0.1) is 18.4 Å². The molecule has 2 rings (SSSR count). The van der Waals surface area contributed by atoms with Gasteiger partial charge in [0.05, 0.1) is 7.11 Å². The Morgan fingerprint density at radius 1 is 1.26 bits per heavy atom. The number of aromatic nitrogens is 2. The Balaban J connectivity index is 2.43. The Morgan fingerprint density at radius 3 is 2.53 bits per heavy atom. The van der Waals surface area contributed by atoms with E-state index in [1.54, 1.807) is 26.6 Å². The Hall–Kier alpha value is -2.61. The first kappa shape index (κ1) is 12.8. The van der Waals surface area contributed by atoms with Gasteiger partial charge in [0.1, 0.15) is 5.75 Å². The van der Waals surface area contributed by atoms with E-state index in [4.69, 9.17) is 10.00 Å². The van der Waals surface area contributed by atoms with Crippen molar-refractivity contribution in [1.29, 1.82) is 5.26 Å². The predicted octanol–water partition coefficient (Wildman–Crippen LogP) is 2.38. The summed E-state index contributed by atoms with van der Waals surface area (Å²) < 4.78 is 5.34. The number of benzene rings is 1. The van der Waals surface area contributed by atoms with E-state index in [-0.39, 0.29) is 0 Å². The molecule has 5 heteroatoms. The molecule has 0 atom stereocenters. The van der Waals surface area contributed by atoms with Crippen molar-refractivity contribution in [2.24, 2.45) is 0 Å². The zero-order valence-corrected chi connectivity index (χ0v) is 11.1. The van der Waals surface area contributed by atoms with Crippen LogP contribution in [0.2, 0.25) is 0 Å². The lowest BCUT2D eigenvalue weighted by Crippen LogP contribution is -2.11. The average Bonchev–Trinajstić information content (AvgIpc) is 2.46. The quantitative estimate of drug-likeness (QED) is 0.621. The van der Waals surface area contributed by atoms with Crippen molar-refractivity contribution in [3.63, 3.8) is 0 Å². The predicted molar refractivity (Wildman–Crippen MR) is 72.8 cm³/mol. The van der Waals surface area contributed by atoms with Crippen LogP contribution in [-0.2, 0) is 0 Å². The van der Waals surface area contributed by atoms with E-state index in [0.29, 0.717) is 5.95 Å². The third kappa shape index (κ3) is 2.63. The van der Waals surface area contributed by atoms with Gasteiger partial charge in [-0.05, 0) is 19.1 Å². The summed E-state index contributed by atoms with van der Waals surface area (Å²) in [5.74, 6) is 1.15. The summed E-state index contributed by atoms with van der Waals surface area (Å²) in [5, 5.41) is 8.77. The highest BCUT2D eigenvalue weighted by molar-refractivity contribution is 5.70. The molecule has 96 valence electrons. The van der Waals surface area contributed by atoms with Crippen LogP contribution >= 0.6 is 0 Å². The molecular weight excluding hydrogens is 240 g/mol. The Kier molecular flexibility index (Phi) is 3.62. The number of hydrogen-bond acceptors (Lipinski definition) is 5. The van der Waals surface area contributed by atoms with Gasteiger partial charge in [0.25, 0.3) is 0 Å². The standard InChI is InChI=1S/C14H14N4O/c1-10-4-5-13(19-3)12(6-10)11-7-16-14(17-8-11)18(2)9-15/h4-8H,1-3H3. The van der Waals surface area contributed by atoms with Crippen LogP contribution in [0.3, 0.4) is 0 Å². The maximum absolute atomic E-state index is 8.77. The van der Waals surface area contributed by atoms with Gasteiger partial charge in [0.15, 0.2) is 6.19 Å². The molecule has 1 aromatic heterocycles. The third-order valence-corrected chi connectivity index (χ3v) is 2.75. The normalized spacial score (nSPS) is 9.79. The fraction of sp³-hybridized carbons (Fsp3) is 0.214. The second-order valence-electron chi connectivity index (χ2n) is 4.13. The Bertz CT molecular complexity index is 616. The highest BCUT2D eigenvalue weighted by atomic mass is 16.5. The van der Waals surface area contributed by atoms with Gasteiger partial charge < -0.3 is 4.74 Å². The minimum Gasteiger partial charge on any atom is -0.496 e. The molecule has 5 nitrogen and oxygen atoms in total. The van der Waals surface area contributed by atoms with Gasteiger partial charge in [-0.25, -0.2) is 9.97 Å². The summed E-state index contributed by atoms with van der Waals surface area (Å²) in [7, 11) is 3.25. The smallest absolute Gasteiger partial charge is 0.238 e. The van der Waals surface area contributed by atoms with E-state index in [1.807, 2.05) is 31.3 Å². The molecule has 1 aromatic carbocycles. The van der Waals surface area contributed by atoms with Gasteiger partial charge in [-0.2, -0.15) is 5.26 Å². The molecule has 0 fully saturated rings. The molecule has 0 aliphatic heterocycles. The van der Waals surface area contributed by atoms with Gasteiger partial charge >= 0.3 is 0 Å². The minimum absolute atomic E-state index is 0.373. The van der Waals surface area contributed by atoms with Crippen molar-refractivity contribution in [3.8, 4) is 23.1 Å². The van der Waals surface area contributed by atoms with Crippen LogP contribution in [0.15, 0.2) is 30.6 Å². The molecule has 0 saturated carbocycles. The number of rotatable bonds is 3. The van der Waals surface area contributed by atoms with E-state index < -0.39 is 0 Å². The lowest BCUT2D eigenvalue weighted by Gasteiger charge is -2.10. The molecule has 0 bridgehead atoms. The van der Waals surface area contributed by atoms with Crippen LogP contribution in [-0.4, -0.2) is 24.1 Å². The number of nitrogens with zero attached hydrogens (tertiary/aromatic N) is 4. The fourth-order valence-corrected chi connectivity index (χ4v) is 1.73. The molecule has 0 aliphatic rings. The van der Waals surface area contributed by atoms with Crippen LogP contribution in [0.4, 0.5) is 5.95 Å². The molecule has 19 heavy (non-hydrogen) atoms. The number of nitriles is 1. The number of ether oxygens (including phenoxy) is 1. The Morgan fingerprint density at radius 2 is 1.95 bits per heavy atom. The zero-order valence-electron chi connectivity index (χ0n) is 11.1. The number of anilines is 1. The van der Waals surface area contributed by atoms with Crippen molar-refractivity contribution in [2.75, 3.05) is 19.1 Å². The van der Waals surface area contributed by atoms with Crippen molar-refractivity contribution in [2.45, 2.75) is 6.92 Å². The Labute approximate surface area is 112 Å². The third-order valence-electron chi connectivity index (χ3n) is 2.75. The van der Waals surface area contributed by atoms with Gasteiger partial charge in [-0.3, -0.25) is 4.90 Å². The first-order valence-electron chi connectivity index (χ1n) is 5.76. The lowest BCUT2D eigenvalue weighted by molar-refractivity contribution is 0.416. The van der Waals surface area contributed by atoms with Gasteiger partial charge in [0.2, 0.25) is 5.95 Å². The summed E-state index contributed by atoms with van der Waals surface area (Å²) in [6.45, 7) is 2.02. The summed E-state index contributed by atoms with van der Waals surface area (Å²) in [6.07, 6.45) is 5.33. The summed E-state index contributed by atoms with van der Waals surface area (Å²) in [5.41, 5.74) is 2.93. The first-order chi connectivity index (χ1) is 9.15. The molecule has 0 unspecified atom stereocenters.